The van der Waals surface area contributed by atoms with Crippen molar-refractivity contribution in [1.29, 1.82) is 0 Å². The summed E-state index contributed by atoms with van der Waals surface area (Å²) in [5, 5.41) is 0. The van der Waals surface area contributed by atoms with Crippen LogP contribution in [0.15, 0.2) is 22.9 Å². The summed E-state index contributed by atoms with van der Waals surface area (Å²) in [4.78, 5) is 6.57. The van der Waals surface area contributed by atoms with E-state index in [9.17, 15) is 0 Å². The highest BCUT2D eigenvalue weighted by atomic mass is 79.9. The third-order valence-electron chi connectivity index (χ3n) is 3.37. The molecule has 0 saturated carbocycles. The molecule has 1 fully saturated rings. The van der Waals surface area contributed by atoms with Gasteiger partial charge in [-0.2, -0.15) is 0 Å². The monoisotopic (exact) mass is 283 g/mol. The van der Waals surface area contributed by atoms with Crippen molar-refractivity contribution in [2.45, 2.75) is 26.3 Å². The van der Waals surface area contributed by atoms with Gasteiger partial charge in [-0.3, -0.25) is 4.98 Å². The van der Waals surface area contributed by atoms with Crippen molar-refractivity contribution in [3.63, 3.8) is 0 Å². The van der Waals surface area contributed by atoms with Gasteiger partial charge in [0.2, 0.25) is 0 Å². The van der Waals surface area contributed by atoms with Crippen LogP contribution in [0.4, 0.5) is 5.69 Å². The highest BCUT2D eigenvalue weighted by molar-refractivity contribution is 9.10. The van der Waals surface area contributed by atoms with Crippen molar-refractivity contribution in [2.75, 3.05) is 18.0 Å². The van der Waals surface area contributed by atoms with Crippen LogP contribution >= 0.6 is 15.9 Å². The maximum atomic E-state index is 6.13. The average Bonchev–Trinajstić information content (AvgIpc) is 2.22. The number of piperidine rings is 1. The average molecular weight is 284 g/mol. The third-order valence-corrected chi connectivity index (χ3v) is 3.80. The van der Waals surface area contributed by atoms with Gasteiger partial charge >= 0.3 is 0 Å². The summed E-state index contributed by atoms with van der Waals surface area (Å²) in [5.41, 5.74) is 7.47. The Morgan fingerprint density at radius 2 is 2.25 bits per heavy atom. The number of nitrogens with two attached hydrogens (primary N) is 1. The van der Waals surface area contributed by atoms with Gasteiger partial charge in [0, 0.05) is 29.8 Å². The van der Waals surface area contributed by atoms with Crippen molar-refractivity contribution in [2.24, 2.45) is 11.1 Å². The fraction of sp³-hybridized carbons (Fsp3) is 0.583. The minimum atomic E-state index is 0.167. The highest BCUT2D eigenvalue weighted by Gasteiger charge is 2.33. The summed E-state index contributed by atoms with van der Waals surface area (Å²) in [7, 11) is 0. The number of pyridine rings is 1. The van der Waals surface area contributed by atoms with E-state index in [0.29, 0.717) is 6.04 Å². The molecule has 0 aromatic carbocycles. The quantitative estimate of drug-likeness (QED) is 0.861. The van der Waals surface area contributed by atoms with Gasteiger partial charge in [0.05, 0.1) is 11.9 Å². The zero-order chi connectivity index (χ0) is 11.8. The van der Waals surface area contributed by atoms with Gasteiger partial charge in [-0.1, -0.05) is 13.8 Å². The molecule has 1 aromatic heterocycles. The molecule has 0 aliphatic carbocycles. The molecule has 0 spiro atoms. The Bertz CT molecular complexity index is 378. The van der Waals surface area contributed by atoms with Crippen LogP contribution in [0.5, 0.6) is 0 Å². The van der Waals surface area contributed by atoms with E-state index < -0.39 is 0 Å². The molecule has 4 heteroatoms. The number of hydrogen-bond acceptors (Lipinski definition) is 3. The molecule has 2 rings (SSSR count). The van der Waals surface area contributed by atoms with Crippen LogP contribution in [-0.2, 0) is 0 Å². The first-order chi connectivity index (χ1) is 7.49. The summed E-state index contributed by atoms with van der Waals surface area (Å²) in [6, 6.07) is 2.41. The van der Waals surface area contributed by atoms with E-state index in [-0.39, 0.29) is 5.41 Å². The van der Waals surface area contributed by atoms with Gasteiger partial charge in [0.25, 0.3) is 0 Å². The van der Waals surface area contributed by atoms with Crippen molar-refractivity contribution >= 4 is 21.6 Å². The molecule has 16 heavy (non-hydrogen) atoms. The molecule has 0 bridgehead atoms. The Kier molecular flexibility index (Phi) is 3.22. The Balaban J connectivity index is 2.18. The lowest BCUT2D eigenvalue weighted by Gasteiger charge is -2.43. The zero-order valence-corrected chi connectivity index (χ0v) is 11.4. The van der Waals surface area contributed by atoms with Gasteiger partial charge in [0.15, 0.2) is 0 Å². The Hall–Kier alpha value is -0.610. The van der Waals surface area contributed by atoms with Gasteiger partial charge in [-0.25, -0.2) is 0 Å². The molecule has 1 aliphatic rings. The van der Waals surface area contributed by atoms with Crippen LogP contribution in [0, 0.1) is 5.41 Å². The van der Waals surface area contributed by atoms with Crippen LogP contribution in [-0.4, -0.2) is 24.1 Å². The molecular formula is C12H18BrN3. The lowest BCUT2D eigenvalue weighted by atomic mass is 9.79. The van der Waals surface area contributed by atoms with Crippen LogP contribution in [0.2, 0.25) is 0 Å². The van der Waals surface area contributed by atoms with Crippen molar-refractivity contribution in [1.82, 2.24) is 4.98 Å². The SMILES string of the molecule is CC1(C)CN(c2cncc(Br)c2)CCC1N. The zero-order valence-electron chi connectivity index (χ0n) is 9.78. The predicted molar refractivity (Wildman–Crippen MR) is 70.5 cm³/mol. The molecule has 1 atom stereocenters. The number of anilines is 1. The number of aromatic nitrogens is 1. The van der Waals surface area contributed by atoms with Gasteiger partial charge in [0.1, 0.15) is 0 Å². The summed E-state index contributed by atoms with van der Waals surface area (Å²) < 4.78 is 1.03. The molecule has 0 radical (unpaired) electrons. The number of nitrogens with zero attached hydrogens (tertiary/aromatic N) is 2. The van der Waals surface area contributed by atoms with Crippen molar-refractivity contribution in [3.8, 4) is 0 Å². The number of hydrogen-bond donors (Lipinski definition) is 1. The van der Waals surface area contributed by atoms with Crippen LogP contribution in [0.3, 0.4) is 0 Å². The first-order valence-corrected chi connectivity index (χ1v) is 6.39. The van der Waals surface area contributed by atoms with E-state index in [2.05, 4.69) is 45.7 Å². The molecule has 3 nitrogen and oxygen atoms in total. The summed E-state index contributed by atoms with van der Waals surface area (Å²) in [5.74, 6) is 0. The van der Waals surface area contributed by atoms with Crippen LogP contribution in [0.1, 0.15) is 20.3 Å². The van der Waals surface area contributed by atoms with Gasteiger partial charge in [-0.15, -0.1) is 0 Å². The van der Waals surface area contributed by atoms with Crippen LogP contribution in [0.25, 0.3) is 0 Å². The summed E-state index contributed by atoms with van der Waals surface area (Å²) >= 11 is 3.46. The minimum absolute atomic E-state index is 0.167. The molecule has 1 aliphatic heterocycles. The maximum absolute atomic E-state index is 6.13. The third kappa shape index (κ3) is 2.38. The second kappa shape index (κ2) is 4.34. The van der Waals surface area contributed by atoms with Crippen molar-refractivity contribution < 1.29 is 0 Å². The normalized spacial score (nSPS) is 24.5. The molecule has 1 saturated heterocycles. The Morgan fingerprint density at radius 3 is 2.88 bits per heavy atom. The van der Waals surface area contributed by atoms with E-state index in [1.807, 2.05) is 12.4 Å². The molecule has 1 aromatic rings. The first kappa shape index (κ1) is 11.9. The lowest BCUT2D eigenvalue weighted by Crippen LogP contribution is -2.52. The second-order valence-corrected chi connectivity index (χ2v) is 6.08. The van der Waals surface area contributed by atoms with E-state index in [1.54, 1.807) is 0 Å². The molecular weight excluding hydrogens is 266 g/mol. The van der Waals surface area contributed by atoms with Crippen LogP contribution < -0.4 is 10.6 Å². The van der Waals surface area contributed by atoms with Gasteiger partial charge in [-0.05, 0) is 33.8 Å². The molecule has 2 heterocycles. The topological polar surface area (TPSA) is 42.2 Å². The Morgan fingerprint density at radius 1 is 1.50 bits per heavy atom. The van der Waals surface area contributed by atoms with E-state index in [4.69, 9.17) is 5.73 Å². The minimum Gasteiger partial charge on any atom is -0.370 e. The largest absolute Gasteiger partial charge is 0.370 e. The standard InChI is InChI=1S/C12H18BrN3/c1-12(2)8-16(4-3-11(12)14)10-5-9(13)6-15-7-10/h5-7,11H,3-4,8,14H2,1-2H3. The first-order valence-electron chi connectivity index (χ1n) is 5.60. The molecule has 0 amide bonds. The smallest absolute Gasteiger partial charge is 0.0564 e. The van der Waals surface area contributed by atoms with Crippen molar-refractivity contribution in [3.05, 3.63) is 22.9 Å². The highest BCUT2D eigenvalue weighted by Crippen LogP contribution is 2.31. The molecule has 88 valence electrons. The fourth-order valence-corrected chi connectivity index (χ4v) is 2.52. The fourth-order valence-electron chi connectivity index (χ4n) is 2.17. The molecule has 2 N–H and O–H groups in total. The van der Waals surface area contributed by atoms with E-state index >= 15 is 0 Å². The summed E-state index contributed by atoms with van der Waals surface area (Å²) in [6.45, 7) is 6.47. The van der Waals surface area contributed by atoms with E-state index in [0.717, 1.165) is 24.0 Å². The Labute approximate surface area is 105 Å². The predicted octanol–water partition coefficient (Wildman–Crippen LogP) is 2.41. The number of halogens is 1. The van der Waals surface area contributed by atoms with E-state index in [1.165, 1.54) is 5.69 Å². The summed E-state index contributed by atoms with van der Waals surface area (Å²) in [6.07, 6.45) is 4.77. The molecule has 1 unspecified atom stereocenters. The lowest BCUT2D eigenvalue weighted by molar-refractivity contribution is 0.245. The maximum Gasteiger partial charge on any atom is 0.0564 e. The second-order valence-electron chi connectivity index (χ2n) is 5.17. The number of rotatable bonds is 1. The van der Waals surface area contributed by atoms with Gasteiger partial charge < -0.3 is 10.6 Å².